The Balaban J connectivity index is 1.07. The van der Waals surface area contributed by atoms with Crippen molar-refractivity contribution in [3.8, 4) is 0 Å². The standard InChI is InChI=1S/C27H32N6O3/c1-17-25(5-4-22(29-17)27(35)30-20-6-11-36-16-20)33-9-7-32(8-10-33)15-18-12-24-23(28-14-18)13-21(19-2-3-19)26(34)31-24/h4-5,12-14,19-20H,2-3,6-11,15-16H2,1H3,(H,30,35)(H,31,34)/t20-/m1/s1. The van der Waals surface area contributed by atoms with Crippen molar-refractivity contribution < 1.29 is 9.53 Å². The molecule has 0 bridgehead atoms. The summed E-state index contributed by atoms with van der Waals surface area (Å²) in [7, 11) is 0. The highest BCUT2D eigenvalue weighted by molar-refractivity contribution is 5.92. The van der Waals surface area contributed by atoms with Crippen molar-refractivity contribution in [2.75, 3.05) is 44.3 Å². The molecule has 3 aromatic heterocycles. The Morgan fingerprint density at radius 1 is 1.17 bits per heavy atom. The second kappa shape index (κ2) is 9.63. The number of anilines is 1. The van der Waals surface area contributed by atoms with E-state index >= 15 is 0 Å². The number of aromatic amines is 1. The summed E-state index contributed by atoms with van der Waals surface area (Å²) >= 11 is 0. The Labute approximate surface area is 209 Å². The second-order valence-electron chi connectivity index (χ2n) is 10.2. The van der Waals surface area contributed by atoms with Gasteiger partial charge >= 0.3 is 0 Å². The number of carbonyl (C=O) groups is 1. The van der Waals surface area contributed by atoms with E-state index in [1.807, 2.05) is 31.3 Å². The Hall–Kier alpha value is -3.30. The molecule has 0 spiro atoms. The van der Waals surface area contributed by atoms with Gasteiger partial charge in [-0.05, 0) is 61.9 Å². The molecule has 0 radical (unpaired) electrons. The van der Waals surface area contributed by atoms with Gasteiger partial charge in [-0.3, -0.25) is 19.5 Å². The zero-order valence-electron chi connectivity index (χ0n) is 20.6. The molecular weight excluding hydrogens is 456 g/mol. The van der Waals surface area contributed by atoms with E-state index in [9.17, 15) is 9.59 Å². The first-order valence-corrected chi connectivity index (χ1v) is 12.9. The molecule has 1 saturated carbocycles. The number of aromatic nitrogens is 3. The molecule has 3 aromatic rings. The van der Waals surface area contributed by atoms with Crippen LogP contribution in [0.4, 0.5) is 5.69 Å². The van der Waals surface area contributed by atoms with Crippen molar-refractivity contribution in [1.29, 1.82) is 0 Å². The number of nitrogens with one attached hydrogen (secondary N) is 2. The van der Waals surface area contributed by atoms with Crippen LogP contribution in [0.1, 0.15) is 52.5 Å². The van der Waals surface area contributed by atoms with E-state index in [0.717, 1.165) is 85.5 Å². The van der Waals surface area contributed by atoms with Gasteiger partial charge in [0, 0.05) is 51.1 Å². The van der Waals surface area contributed by atoms with E-state index < -0.39 is 0 Å². The van der Waals surface area contributed by atoms with E-state index in [4.69, 9.17) is 4.74 Å². The number of H-pyrrole nitrogens is 1. The van der Waals surface area contributed by atoms with Crippen LogP contribution in [0, 0.1) is 6.92 Å². The molecular formula is C27H32N6O3. The molecule has 0 unspecified atom stereocenters. The lowest BCUT2D eigenvalue weighted by atomic mass is 10.1. The Bertz CT molecular complexity index is 1340. The SMILES string of the molecule is Cc1nc(C(=O)N[C@@H]2CCOC2)ccc1N1CCN(Cc2cnc3cc(C4CC4)c(=O)[nH]c3c2)CC1. The summed E-state index contributed by atoms with van der Waals surface area (Å²) in [5.41, 5.74) is 6.07. The topological polar surface area (TPSA) is 103 Å². The molecule has 36 heavy (non-hydrogen) atoms. The van der Waals surface area contributed by atoms with Crippen LogP contribution in [0.3, 0.4) is 0 Å². The number of nitrogens with zero attached hydrogens (tertiary/aromatic N) is 4. The first-order valence-electron chi connectivity index (χ1n) is 12.9. The maximum atomic E-state index is 12.5. The minimum Gasteiger partial charge on any atom is -0.379 e. The predicted octanol–water partition coefficient (Wildman–Crippen LogP) is 2.34. The van der Waals surface area contributed by atoms with Gasteiger partial charge in [-0.25, -0.2) is 4.98 Å². The third-order valence-electron chi connectivity index (χ3n) is 7.47. The molecule has 1 atom stereocenters. The quantitative estimate of drug-likeness (QED) is 0.549. The van der Waals surface area contributed by atoms with Gasteiger partial charge in [0.25, 0.3) is 11.5 Å². The van der Waals surface area contributed by atoms with Crippen molar-refractivity contribution in [2.24, 2.45) is 0 Å². The highest BCUT2D eigenvalue weighted by atomic mass is 16.5. The van der Waals surface area contributed by atoms with Gasteiger partial charge in [-0.1, -0.05) is 0 Å². The molecule has 3 fully saturated rings. The molecule has 2 saturated heterocycles. The number of carbonyl (C=O) groups excluding carboxylic acids is 1. The number of rotatable bonds is 6. The molecule has 3 aliphatic rings. The minimum absolute atomic E-state index is 0.0256. The lowest BCUT2D eigenvalue weighted by molar-refractivity contribution is 0.0924. The number of amides is 1. The van der Waals surface area contributed by atoms with Crippen LogP contribution < -0.4 is 15.8 Å². The van der Waals surface area contributed by atoms with Gasteiger partial charge in [0.1, 0.15) is 5.69 Å². The normalized spacial score (nSPS) is 20.7. The fraction of sp³-hybridized carbons (Fsp3) is 0.481. The van der Waals surface area contributed by atoms with Crippen molar-refractivity contribution >= 4 is 22.6 Å². The van der Waals surface area contributed by atoms with Crippen LogP contribution in [0.5, 0.6) is 0 Å². The first kappa shape index (κ1) is 23.1. The summed E-state index contributed by atoms with van der Waals surface area (Å²) in [6.45, 7) is 7.63. The van der Waals surface area contributed by atoms with Gasteiger partial charge in [0.2, 0.25) is 0 Å². The van der Waals surface area contributed by atoms with E-state index in [1.54, 1.807) is 0 Å². The Morgan fingerprint density at radius 3 is 2.72 bits per heavy atom. The van der Waals surface area contributed by atoms with Crippen LogP contribution in [-0.4, -0.2) is 71.2 Å². The van der Waals surface area contributed by atoms with Crippen molar-refractivity contribution in [3.63, 3.8) is 0 Å². The molecule has 9 nitrogen and oxygen atoms in total. The molecule has 9 heteroatoms. The van der Waals surface area contributed by atoms with Crippen molar-refractivity contribution in [3.05, 3.63) is 63.3 Å². The van der Waals surface area contributed by atoms with Gasteiger partial charge in [-0.2, -0.15) is 0 Å². The number of aryl methyl sites for hydroxylation is 1. The fourth-order valence-corrected chi connectivity index (χ4v) is 5.25. The average Bonchev–Trinajstić information content (AvgIpc) is 3.59. The summed E-state index contributed by atoms with van der Waals surface area (Å²) in [4.78, 5) is 42.0. The van der Waals surface area contributed by atoms with Crippen molar-refractivity contribution in [1.82, 2.24) is 25.2 Å². The summed E-state index contributed by atoms with van der Waals surface area (Å²) in [6, 6.07) is 7.92. The van der Waals surface area contributed by atoms with Crippen LogP contribution in [0.25, 0.3) is 11.0 Å². The van der Waals surface area contributed by atoms with Gasteiger partial charge < -0.3 is 19.9 Å². The van der Waals surface area contributed by atoms with Crippen LogP contribution in [0.2, 0.25) is 0 Å². The van der Waals surface area contributed by atoms with Gasteiger partial charge in [0.05, 0.1) is 35.1 Å². The largest absolute Gasteiger partial charge is 0.379 e. The maximum Gasteiger partial charge on any atom is 0.270 e. The minimum atomic E-state index is -0.140. The molecule has 2 aliphatic heterocycles. The average molecular weight is 489 g/mol. The molecule has 0 aromatic carbocycles. The van der Waals surface area contributed by atoms with Crippen molar-refractivity contribution in [2.45, 2.75) is 44.7 Å². The zero-order chi connectivity index (χ0) is 24.6. The number of piperazine rings is 1. The number of pyridine rings is 3. The smallest absolute Gasteiger partial charge is 0.270 e. The monoisotopic (exact) mass is 488 g/mol. The van der Waals surface area contributed by atoms with E-state index in [0.29, 0.717) is 24.8 Å². The number of ether oxygens (including phenoxy) is 1. The number of fused-ring (bicyclic) bond motifs is 1. The third-order valence-corrected chi connectivity index (χ3v) is 7.47. The van der Waals surface area contributed by atoms with E-state index in [2.05, 4.69) is 36.1 Å². The lowest BCUT2D eigenvalue weighted by Gasteiger charge is -2.36. The van der Waals surface area contributed by atoms with Gasteiger partial charge in [-0.15, -0.1) is 0 Å². The van der Waals surface area contributed by atoms with Crippen LogP contribution in [-0.2, 0) is 11.3 Å². The summed E-state index contributed by atoms with van der Waals surface area (Å²) in [6.07, 6.45) is 4.98. The fourth-order valence-electron chi connectivity index (χ4n) is 5.25. The molecule has 1 aliphatic carbocycles. The first-order chi connectivity index (χ1) is 17.5. The van der Waals surface area contributed by atoms with E-state index in [-0.39, 0.29) is 17.5 Å². The summed E-state index contributed by atoms with van der Waals surface area (Å²) < 4.78 is 5.34. The summed E-state index contributed by atoms with van der Waals surface area (Å²) in [5, 5.41) is 3.00. The van der Waals surface area contributed by atoms with E-state index in [1.165, 1.54) is 0 Å². The Kier molecular flexibility index (Phi) is 6.18. The maximum absolute atomic E-state index is 12.5. The zero-order valence-corrected chi connectivity index (χ0v) is 20.6. The number of hydrogen-bond donors (Lipinski definition) is 2. The Morgan fingerprint density at radius 2 is 2.00 bits per heavy atom. The highest BCUT2D eigenvalue weighted by Gasteiger charge is 2.27. The van der Waals surface area contributed by atoms with Crippen LogP contribution >= 0.6 is 0 Å². The highest BCUT2D eigenvalue weighted by Crippen LogP contribution is 2.38. The molecule has 1 amide bonds. The molecule has 5 heterocycles. The summed E-state index contributed by atoms with van der Waals surface area (Å²) in [5.74, 6) is 0.272. The molecule has 6 rings (SSSR count). The number of hydrogen-bond acceptors (Lipinski definition) is 7. The third kappa shape index (κ3) is 4.85. The lowest BCUT2D eigenvalue weighted by Crippen LogP contribution is -2.46. The molecule has 188 valence electrons. The predicted molar refractivity (Wildman–Crippen MR) is 137 cm³/mol. The van der Waals surface area contributed by atoms with Gasteiger partial charge in [0.15, 0.2) is 0 Å². The molecule has 2 N–H and O–H groups in total. The van der Waals surface area contributed by atoms with Crippen LogP contribution in [0.15, 0.2) is 35.3 Å². The second-order valence-corrected chi connectivity index (χ2v) is 10.2.